The Balaban J connectivity index is 1.61. The van der Waals surface area contributed by atoms with Gasteiger partial charge in [0.2, 0.25) is 5.91 Å². The normalized spacial score (nSPS) is 10.9. The van der Waals surface area contributed by atoms with Crippen LogP contribution in [0.2, 0.25) is 0 Å². The number of aryl methyl sites for hydroxylation is 1. The topological polar surface area (TPSA) is 102 Å². The van der Waals surface area contributed by atoms with Gasteiger partial charge in [0.05, 0.1) is 25.4 Å². The standard InChI is InChI=1S/C26H23N5O3/c1-4-34-22-11-9-18(14-23(22)33-3)10-12-25(32)30-26-19(15-27)16-28-31(26)24-13-17(2)20-7-5-6-8-21(20)29-24/h5-14,16H,4H2,1-3H3,(H,30,32)/b12-10+. The smallest absolute Gasteiger partial charge is 0.249 e. The Hall–Kier alpha value is -4.64. The third-order valence-corrected chi connectivity index (χ3v) is 5.17. The summed E-state index contributed by atoms with van der Waals surface area (Å²) < 4.78 is 12.3. The molecule has 0 spiro atoms. The van der Waals surface area contributed by atoms with Crippen molar-refractivity contribution in [2.24, 2.45) is 0 Å². The number of carbonyl (C=O) groups excluding carboxylic acids is 1. The number of methoxy groups -OCH3 is 1. The molecule has 2 aromatic carbocycles. The van der Waals surface area contributed by atoms with E-state index in [0.717, 1.165) is 22.0 Å². The van der Waals surface area contributed by atoms with E-state index in [2.05, 4.69) is 21.5 Å². The van der Waals surface area contributed by atoms with E-state index in [4.69, 9.17) is 9.47 Å². The lowest BCUT2D eigenvalue weighted by molar-refractivity contribution is -0.111. The first-order valence-electron chi connectivity index (χ1n) is 10.7. The zero-order valence-corrected chi connectivity index (χ0v) is 19.1. The van der Waals surface area contributed by atoms with Crippen LogP contribution in [-0.2, 0) is 4.79 Å². The molecule has 4 rings (SSSR count). The van der Waals surface area contributed by atoms with E-state index < -0.39 is 5.91 Å². The second-order valence-electron chi connectivity index (χ2n) is 7.41. The van der Waals surface area contributed by atoms with Gasteiger partial charge in [0.15, 0.2) is 23.1 Å². The SMILES string of the molecule is CCOc1ccc(/C=C/C(=O)Nc2c(C#N)cnn2-c2cc(C)c3ccccc3n2)cc1OC. The van der Waals surface area contributed by atoms with Gasteiger partial charge in [0.25, 0.3) is 0 Å². The first-order valence-corrected chi connectivity index (χ1v) is 10.7. The molecule has 0 unspecified atom stereocenters. The number of nitrogens with zero attached hydrogens (tertiary/aromatic N) is 4. The van der Waals surface area contributed by atoms with Gasteiger partial charge >= 0.3 is 0 Å². The number of anilines is 1. The molecular formula is C26H23N5O3. The first-order chi connectivity index (χ1) is 16.5. The maximum absolute atomic E-state index is 12.7. The Bertz CT molecular complexity index is 1430. The summed E-state index contributed by atoms with van der Waals surface area (Å²) in [6, 6.07) is 17.1. The molecule has 0 aliphatic rings. The van der Waals surface area contributed by atoms with Crippen molar-refractivity contribution in [3.8, 4) is 23.4 Å². The van der Waals surface area contributed by atoms with Crippen molar-refractivity contribution in [1.29, 1.82) is 5.26 Å². The molecule has 0 aliphatic carbocycles. The third-order valence-electron chi connectivity index (χ3n) is 5.17. The summed E-state index contributed by atoms with van der Waals surface area (Å²) in [7, 11) is 1.56. The lowest BCUT2D eigenvalue weighted by Crippen LogP contribution is -2.14. The molecule has 34 heavy (non-hydrogen) atoms. The van der Waals surface area contributed by atoms with Crippen molar-refractivity contribution < 1.29 is 14.3 Å². The van der Waals surface area contributed by atoms with Crippen molar-refractivity contribution in [2.75, 3.05) is 19.0 Å². The quantitative estimate of drug-likeness (QED) is 0.408. The fourth-order valence-electron chi connectivity index (χ4n) is 3.56. The van der Waals surface area contributed by atoms with Gasteiger partial charge in [0, 0.05) is 11.5 Å². The molecule has 0 saturated heterocycles. The van der Waals surface area contributed by atoms with Crippen LogP contribution in [0.4, 0.5) is 5.82 Å². The number of hydrogen-bond donors (Lipinski definition) is 1. The van der Waals surface area contributed by atoms with E-state index in [9.17, 15) is 10.1 Å². The number of fused-ring (bicyclic) bond motifs is 1. The Morgan fingerprint density at radius 2 is 2.03 bits per heavy atom. The minimum Gasteiger partial charge on any atom is -0.493 e. The van der Waals surface area contributed by atoms with Gasteiger partial charge in [-0.1, -0.05) is 24.3 Å². The Labute approximate surface area is 197 Å². The van der Waals surface area contributed by atoms with Crippen LogP contribution in [0.25, 0.3) is 22.8 Å². The van der Waals surface area contributed by atoms with Crippen molar-refractivity contribution in [2.45, 2.75) is 13.8 Å². The number of ether oxygens (including phenoxy) is 2. The number of rotatable bonds is 7. The first kappa shape index (κ1) is 22.6. The Kier molecular flexibility index (Phi) is 6.55. The number of pyridine rings is 1. The number of para-hydroxylation sites is 1. The zero-order chi connectivity index (χ0) is 24.1. The highest BCUT2D eigenvalue weighted by Gasteiger charge is 2.16. The van der Waals surface area contributed by atoms with E-state index in [-0.39, 0.29) is 11.4 Å². The number of nitrogens with one attached hydrogen (secondary N) is 1. The Morgan fingerprint density at radius 1 is 1.21 bits per heavy atom. The van der Waals surface area contributed by atoms with Gasteiger partial charge in [0.1, 0.15) is 11.6 Å². The molecule has 2 aromatic heterocycles. The average molecular weight is 454 g/mol. The molecule has 8 nitrogen and oxygen atoms in total. The molecule has 2 heterocycles. The fraction of sp³-hybridized carbons (Fsp3) is 0.154. The van der Waals surface area contributed by atoms with Crippen LogP contribution in [0.5, 0.6) is 11.5 Å². The maximum Gasteiger partial charge on any atom is 0.249 e. The van der Waals surface area contributed by atoms with Crippen molar-refractivity contribution in [3.05, 3.63) is 77.5 Å². The lowest BCUT2D eigenvalue weighted by Gasteiger charge is -2.10. The largest absolute Gasteiger partial charge is 0.493 e. The summed E-state index contributed by atoms with van der Waals surface area (Å²) in [5, 5.41) is 17.6. The van der Waals surface area contributed by atoms with Crippen LogP contribution in [0.3, 0.4) is 0 Å². The number of carbonyl (C=O) groups is 1. The van der Waals surface area contributed by atoms with Gasteiger partial charge in [-0.25, -0.2) is 4.98 Å². The van der Waals surface area contributed by atoms with Crippen molar-refractivity contribution in [3.63, 3.8) is 0 Å². The van der Waals surface area contributed by atoms with Gasteiger partial charge < -0.3 is 14.8 Å². The van der Waals surface area contributed by atoms with Gasteiger partial charge in [-0.15, -0.1) is 0 Å². The van der Waals surface area contributed by atoms with Crippen LogP contribution in [0.15, 0.2) is 60.8 Å². The minimum atomic E-state index is -0.413. The number of benzene rings is 2. The van der Waals surface area contributed by atoms with Crippen LogP contribution in [-0.4, -0.2) is 34.4 Å². The van der Waals surface area contributed by atoms with E-state index in [1.807, 2.05) is 50.2 Å². The summed E-state index contributed by atoms with van der Waals surface area (Å²) in [4.78, 5) is 17.4. The second-order valence-corrected chi connectivity index (χ2v) is 7.41. The summed E-state index contributed by atoms with van der Waals surface area (Å²) in [6.07, 6.45) is 4.44. The number of nitriles is 1. The molecule has 0 fully saturated rings. The zero-order valence-electron chi connectivity index (χ0n) is 19.1. The van der Waals surface area contributed by atoms with Crippen LogP contribution in [0, 0.1) is 18.3 Å². The average Bonchev–Trinajstić information content (AvgIpc) is 3.26. The van der Waals surface area contributed by atoms with Gasteiger partial charge in [-0.3, -0.25) is 4.79 Å². The summed E-state index contributed by atoms with van der Waals surface area (Å²) in [6.45, 7) is 4.40. The predicted molar refractivity (Wildman–Crippen MR) is 130 cm³/mol. The number of amides is 1. The molecule has 1 amide bonds. The predicted octanol–water partition coefficient (Wildman–Crippen LogP) is 4.66. The van der Waals surface area contributed by atoms with E-state index in [1.165, 1.54) is 17.0 Å². The molecule has 0 atom stereocenters. The molecule has 0 aliphatic heterocycles. The van der Waals surface area contributed by atoms with Crippen molar-refractivity contribution >= 4 is 28.7 Å². The van der Waals surface area contributed by atoms with Crippen LogP contribution >= 0.6 is 0 Å². The molecule has 4 aromatic rings. The van der Waals surface area contributed by atoms with E-state index in [1.54, 1.807) is 25.3 Å². The molecule has 1 N–H and O–H groups in total. The molecule has 8 heteroatoms. The highest BCUT2D eigenvalue weighted by atomic mass is 16.5. The molecule has 0 saturated carbocycles. The van der Waals surface area contributed by atoms with Crippen LogP contribution < -0.4 is 14.8 Å². The van der Waals surface area contributed by atoms with Crippen molar-refractivity contribution in [1.82, 2.24) is 14.8 Å². The highest BCUT2D eigenvalue weighted by Crippen LogP contribution is 2.28. The minimum absolute atomic E-state index is 0.233. The number of hydrogen-bond acceptors (Lipinski definition) is 6. The second kappa shape index (κ2) is 9.88. The van der Waals surface area contributed by atoms with Gasteiger partial charge in [-0.05, 0) is 55.3 Å². The summed E-state index contributed by atoms with van der Waals surface area (Å²) in [5.41, 5.74) is 2.80. The molecule has 0 bridgehead atoms. The fourth-order valence-corrected chi connectivity index (χ4v) is 3.56. The van der Waals surface area contributed by atoms with Crippen LogP contribution in [0.1, 0.15) is 23.6 Å². The Morgan fingerprint density at radius 3 is 2.79 bits per heavy atom. The van der Waals surface area contributed by atoms with E-state index >= 15 is 0 Å². The monoisotopic (exact) mass is 453 g/mol. The summed E-state index contributed by atoms with van der Waals surface area (Å²) in [5.74, 6) is 1.56. The molecular weight excluding hydrogens is 430 g/mol. The van der Waals surface area contributed by atoms with E-state index in [0.29, 0.717) is 23.9 Å². The molecule has 0 radical (unpaired) electrons. The van der Waals surface area contributed by atoms with Gasteiger partial charge in [-0.2, -0.15) is 15.0 Å². The molecule has 170 valence electrons. The third kappa shape index (κ3) is 4.59. The highest BCUT2D eigenvalue weighted by molar-refractivity contribution is 6.02. The number of aromatic nitrogens is 3. The summed E-state index contributed by atoms with van der Waals surface area (Å²) >= 11 is 0. The lowest BCUT2D eigenvalue weighted by atomic mass is 10.1. The maximum atomic E-state index is 12.7.